The van der Waals surface area contributed by atoms with Crippen LogP contribution >= 0.6 is 0 Å². The average molecular weight is 396 g/mol. The highest BCUT2D eigenvalue weighted by Gasteiger charge is 2.32. The second-order valence-electron chi connectivity index (χ2n) is 6.46. The minimum atomic E-state index is -4.58. The number of carbonyl (C=O) groups is 1. The molecule has 29 heavy (non-hydrogen) atoms. The number of rotatable bonds is 3. The molecule has 0 atom stereocenters. The molecule has 5 nitrogen and oxygen atoms in total. The molecule has 0 fully saturated rings. The number of carbonyl (C=O) groups excluding carboxylic acids is 1. The van der Waals surface area contributed by atoms with E-state index in [9.17, 15) is 18.0 Å². The van der Waals surface area contributed by atoms with Gasteiger partial charge >= 0.3 is 6.18 Å². The molecule has 3 heterocycles. The van der Waals surface area contributed by atoms with Crippen LogP contribution in [0, 0.1) is 6.92 Å². The van der Waals surface area contributed by atoms with Crippen molar-refractivity contribution in [2.45, 2.75) is 13.1 Å². The molecule has 0 aliphatic carbocycles. The average Bonchev–Trinajstić information content (AvgIpc) is 3.08. The van der Waals surface area contributed by atoms with E-state index in [-0.39, 0.29) is 5.69 Å². The number of amides is 1. The van der Waals surface area contributed by atoms with Crippen molar-refractivity contribution in [1.82, 2.24) is 15.0 Å². The molecule has 0 radical (unpaired) electrons. The number of pyridine rings is 2. The van der Waals surface area contributed by atoms with Gasteiger partial charge in [0.05, 0.1) is 11.1 Å². The summed E-state index contributed by atoms with van der Waals surface area (Å²) in [7, 11) is 0. The zero-order valence-corrected chi connectivity index (χ0v) is 15.2. The highest BCUT2D eigenvalue weighted by molar-refractivity contribution is 6.07. The summed E-state index contributed by atoms with van der Waals surface area (Å²) < 4.78 is 38.5. The lowest BCUT2D eigenvalue weighted by atomic mass is 10.0. The van der Waals surface area contributed by atoms with E-state index >= 15 is 0 Å². The maximum absolute atomic E-state index is 12.8. The Balaban J connectivity index is 1.66. The molecule has 2 N–H and O–H groups in total. The van der Waals surface area contributed by atoms with Crippen molar-refractivity contribution in [2.24, 2.45) is 0 Å². The summed E-state index contributed by atoms with van der Waals surface area (Å²) in [5.41, 5.74) is 2.44. The largest absolute Gasteiger partial charge is 0.433 e. The third-order valence-electron chi connectivity index (χ3n) is 4.61. The number of aromatic nitrogens is 3. The second kappa shape index (κ2) is 7.05. The van der Waals surface area contributed by atoms with Gasteiger partial charge in [0.2, 0.25) is 0 Å². The van der Waals surface area contributed by atoms with Gasteiger partial charge in [0.25, 0.3) is 5.91 Å². The van der Waals surface area contributed by atoms with Gasteiger partial charge in [-0.2, -0.15) is 13.2 Å². The van der Waals surface area contributed by atoms with Gasteiger partial charge in [-0.25, -0.2) is 0 Å². The third kappa shape index (κ3) is 3.56. The van der Waals surface area contributed by atoms with Gasteiger partial charge in [0.1, 0.15) is 5.69 Å². The van der Waals surface area contributed by atoms with Crippen molar-refractivity contribution in [1.29, 1.82) is 0 Å². The second-order valence-corrected chi connectivity index (χ2v) is 6.46. The number of aromatic amines is 1. The van der Waals surface area contributed by atoms with E-state index in [2.05, 4.69) is 20.3 Å². The van der Waals surface area contributed by atoms with Gasteiger partial charge in [-0.1, -0.05) is 18.2 Å². The van der Waals surface area contributed by atoms with Crippen molar-refractivity contribution in [3.05, 3.63) is 77.9 Å². The molecule has 0 saturated heterocycles. The van der Waals surface area contributed by atoms with Gasteiger partial charge in [0, 0.05) is 40.9 Å². The first-order valence-corrected chi connectivity index (χ1v) is 8.71. The zero-order valence-electron chi connectivity index (χ0n) is 15.2. The Labute approximate surface area is 163 Å². The Morgan fingerprint density at radius 2 is 1.90 bits per heavy atom. The van der Waals surface area contributed by atoms with E-state index in [0.29, 0.717) is 11.1 Å². The normalized spacial score (nSPS) is 11.6. The summed E-state index contributed by atoms with van der Waals surface area (Å²) in [6.45, 7) is 1.78. The lowest BCUT2D eigenvalue weighted by Gasteiger charge is -2.09. The number of anilines is 1. The first kappa shape index (κ1) is 18.7. The molecular formula is C21H15F3N4O. The van der Waals surface area contributed by atoms with Crippen LogP contribution in [0.1, 0.15) is 21.6 Å². The number of hydrogen-bond donors (Lipinski definition) is 2. The van der Waals surface area contributed by atoms with E-state index in [4.69, 9.17) is 0 Å². The third-order valence-corrected chi connectivity index (χ3v) is 4.61. The van der Waals surface area contributed by atoms with E-state index in [1.807, 2.05) is 30.3 Å². The first-order valence-electron chi connectivity index (χ1n) is 8.71. The Morgan fingerprint density at radius 1 is 1.07 bits per heavy atom. The van der Waals surface area contributed by atoms with Crippen LogP contribution in [0.4, 0.5) is 18.9 Å². The quantitative estimate of drug-likeness (QED) is 0.500. The Bertz CT molecular complexity index is 1210. The van der Waals surface area contributed by atoms with Crippen LogP contribution in [0.2, 0.25) is 0 Å². The summed E-state index contributed by atoms with van der Waals surface area (Å²) in [6.07, 6.45) is -0.325. The minimum absolute atomic E-state index is 0.0221. The fraction of sp³-hybridized carbons (Fsp3) is 0.0952. The van der Waals surface area contributed by atoms with Crippen LogP contribution in [0.5, 0.6) is 0 Å². The number of hydrogen-bond acceptors (Lipinski definition) is 3. The van der Waals surface area contributed by atoms with Crippen molar-refractivity contribution in [2.75, 3.05) is 5.32 Å². The SMILES string of the molecule is Cc1c(C(=O)Nc2ccnc(C(F)(F)F)c2)c[nH]c1-c1cccc2ncccc12. The number of fused-ring (bicyclic) bond motifs is 1. The van der Waals surface area contributed by atoms with Gasteiger partial charge in [-0.3, -0.25) is 14.8 Å². The predicted molar refractivity (Wildman–Crippen MR) is 103 cm³/mol. The van der Waals surface area contributed by atoms with Crippen molar-refractivity contribution < 1.29 is 18.0 Å². The van der Waals surface area contributed by atoms with Crippen LogP contribution < -0.4 is 5.32 Å². The maximum atomic E-state index is 12.8. The molecule has 0 aliphatic rings. The van der Waals surface area contributed by atoms with E-state index in [1.54, 1.807) is 19.3 Å². The van der Waals surface area contributed by atoms with Crippen LogP contribution in [0.25, 0.3) is 22.2 Å². The first-order chi connectivity index (χ1) is 13.8. The highest BCUT2D eigenvalue weighted by Crippen LogP contribution is 2.32. The number of alkyl halides is 3. The number of benzene rings is 1. The molecule has 146 valence electrons. The van der Waals surface area contributed by atoms with Crippen LogP contribution in [0.3, 0.4) is 0 Å². The van der Waals surface area contributed by atoms with Gasteiger partial charge < -0.3 is 10.3 Å². The fourth-order valence-electron chi connectivity index (χ4n) is 3.19. The van der Waals surface area contributed by atoms with Crippen LogP contribution in [-0.2, 0) is 6.18 Å². The van der Waals surface area contributed by atoms with E-state index in [0.717, 1.165) is 34.4 Å². The highest BCUT2D eigenvalue weighted by atomic mass is 19.4. The maximum Gasteiger partial charge on any atom is 0.433 e. The van der Waals surface area contributed by atoms with Gasteiger partial charge in [-0.05, 0) is 36.8 Å². The standard InChI is InChI=1S/C21H15F3N4O/c1-12-16(20(29)28-13-7-9-26-18(10-13)21(22,23)24)11-27-19(12)15-4-2-6-17-14(15)5-3-8-25-17/h2-11,27H,1H3,(H,26,28,29). The smallest absolute Gasteiger partial charge is 0.360 e. The van der Waals surface area contributed by atoms with Crippen molar-refractivity contribution >= 4 is 22.5 Å². The lowest BCUT2D eigenvalue weighted by Crippen LogP contribution is -2.14. The Kier molecular flexibility index (Phi) is 4.54. The summed E-state index contributed by atoms with van der Waals surface area (Å²) in [4.78, 5) is 23.4. The van der Waals surface area contributed by atoms with E-state index < -0.39 is 17.8 Å². The van der Waals surface area contributed by atoms with Gasteiger partial charge in [0.15, 0.2) is 0 Å². The summed E-state index contributed by atoms with van der Waals surface area (Å²) in [6, 6.07) is 11.6. The molecule has 1 amide bonds. The molecular weight excluding hydrogens is 381 g/mol. The number of nitrogens with zero attached hydrogens (tertiary/aromatic N) is 2. The summed E-state index contributed by atoms with van der Waals surface area (Å²) in [5, 5.41) is 3.43. The Morgan fingerprint density at radius 3 is 2.69 bits per heavy atom. The molecule has 0 bridgehead atoms. The lowest BCUT2D eigenvalue weighted by molar-refractivity contribution is -0.141. The monoisotopic (exact) mass is 396 g/mol. The number of H-pyrrole nitrogens is 1. The van der Waals surface area contributed by atoms with Crippen molar-refractivity contribution in [3.8, 4) is 11.3 Å². The molecule has 0 unspecified atom stereocenters. The molecule has 4 aromatic rings. The molecule has 0 saturated carbocycles. The molecule has 3 aromatic heterocycles. The Hall–Kier alpha value is -3.68. The predicted octanol–water partition coefficient (Wildman–Crippen LogP) is 5.20. The minimum Gasteiger partial charge on any atom is -0.360 e. The van der Waals surface area contributed by atoms with Crippen LogP contribution in [-0.4, -0.2) is 20.9 Å². The number of halogens is 3. The molecule has 1 aromatic carbocycles. The zero-order chi connectivity index (χ0) is 20.6. The molecule has 4 rings (SSSR count). The van der Waals surface area contributed by atoms with Crippen molar-refractivity contribution in [3.63, 3.8) is 0 Å². The topological polar surface area (TPSA) is 70.7 Å². The summed E-state index contributed by atoms with van der Waals surface area (Å²) >= 11 is 0. The molecule has 8 heteroatoms. The van der Waals surface area contributed by atoms with E-state index in [1.165, 1.54) is 6.07 Å². The van der Waals surface area contributed by atoms with Gasteiger partial charge in [-0.15, -0.1) is 0 Å². The fourth-order valence-corrected chi connectivity index (χ4v) is 3.19. The summed E-state index contributed by atoms with van der Waals surface area (Å²) in [5.74, 6) is -0.511. The number of nitrogens with one attached hydrogen (secondary N) is 2. The molecule has 0 spiro atoms. The van der Waals surface area contributed by atoms with Crippen LogP contribution in [0.15, 0.2) is 61.1 Å². The molecule has 0 aliphatic heterocycles.